The van der Waals surface area contributed by atoms with E-state index < -0.39 is 0 Å². The second-order valence-corrected chi connectivity index (χ2v) is 4.81. The number of hydrogen-bond acceptors (Lipinski definition) is 1. The van der Waals surface area contributed by atoms with Crippen molar-refractivity contribution < 1.29 is 0 Å². The molecule has 1 rings (SSSR count). The highest BCUT2D eigenvalue weighted by molar-refractivity contribution is 9.10. The third-order valence-electron chi connectivity index (χ3n) is 2.02. The largest absolute Gasteiger partial charge is 0.372 e. The molecule has 0 heterocycles. The van der Waals surface area contributed by atoms with Crippen LogP contribution >= 0.6 is 28.1 Å². The van der Waals surface area contributed by atoms with Gasteiger partial charge in [-0.15, -0.1) is 0 Å². The summed E-state index contributed by atoms with van der Waals surface area (Å²) in [6.45, 7) is 0. The zero-order valence-electron chi connectivity index (χ0n) is 8.46. The van der Waals surface area contributed by atoms with Gasteiger partial charge in [0.15, 0.2) is 0 Å². The summed E-state index contributed by atoms with van der Waals surface area (Å²) >= 11 is 8.68. The Labute approximate surface area is 99.2 Å². The lowest BCUT2D eigenvalue weighted by Crippen LogP contribution is -2.19. The highest BCUT2D eigenvalue weighted by atomic mass is 79.9. The standard InChI is InChI=1S/C11H14BrNS/c1-13(2)11(14)7-6-9-4-3-5-10(12)8-9/h3-5,8H,6-7H2,1-2H3. The van der Waals surface area contributed by atoms with Crippen LogP contribution in [-0.2, 0) is 6.42 Å². The van der Waals surface area contributed by atoms with Gasteiger partial charge in [-0.3, -0.25) is 0 Å². The van der Waals surface area contributed by atoms with E-state index in [1.165, 1.54) is 5.56 Å². The maximum Gasteiger partial charge on any atom is 0.0777 e. The van der Waals surface area contributed by atoms with Gasteiger partial charge in [-0.05, 0) is 24.1 Å². The van der Waals surface area contributed by atoms with E-state index in [0.29, 0.717) is 0 Å². The molecule has 0 saturated carbocycles. The first-order valence-corrected chi connectivity index (χ1v) is 5.74. The topological polar surface area (TPSA) is 3.24 Å². The summed E-state index contributed by atoms with van der Waals surface area (Å²) in [5.41, 5.74) is 1.32. The van der Waals surface area contributed by atoms with Gasteiger partial charge in [0.2, 0.25) is 0 Å². The minimum Gasteiger partial charge on any atom is -0.372 e. The minimum atomic E-state index is 0.943. The van der Waals surface area contributed by atoms with Crippen molar-refractivity contribution in [3.05, 3.63) is 34.3 Å². The summed E-state index contributed by atoms with van der Waals surface area (Å²) in [4.78, 5) is 3.00. The molecule has 3 heteroatoms. The van der Waals surface area contributed by atoms with Crippen molar-refractivity contribution in [2.75, 3.05) is 14.1 Å². The smallest absolute Gasteiger partial charge is 0.0777 e. The molecule has 1 aromatic rings. The van der Waals surface area contributed by atoms with Crippen molar-refractivity contribution in [3.8, 4) is 0 Å². The monoisotopic (exact) mass is 271 g/mol. The van der Waals surface area contributed by atoms with E-state index in [2.05, 4.69) is 34.1 Å². The molecule has 0 fully saturated rings. The number of hydrogen-bond donors (Lipinski definition) is 0. The third kappa shape index (κ3) is 3.76. The third-order valence-corrected chi connectivity index (χ3v) is 3.08. The normalized spacial score (nSPS) is 9.93. The van der Waals surface area contributed by atoms with Gasteiger partial charge < -0.3 is 4.90 Å². The summed E-state index contributed by atoms with van der Waals surface area (Å²) in [6.07, 6.45) is 1.95. The molecule has 0 spiro atoms. The van der Waals surface area contributed by atoms with Gasteiger partial charge in [-0.2, -0.15) is 0 Å². The molecule has 1 aromatic carbocycles. The Bertz CT molecular complexity index is 323. The second kappa shape index (κ2) is 5.47. The second-order valence-electron chi connectivity index (χ2n) is 3.42. The number of benzene rings is 1. The highest BCUT2D eigenvalue weighted by Gasteiger charge is 2.00. The van der Waals surface area contributed by atoms with Gasteiger partial charge >= 0.3 is 0 Å². The number of aryl methyl sites for hydroxylation is 1. The zero-order chi connectivity index (χ0) is 10.6. The summed E-state index contributed by atoms with van der Waals surface area (Å²) < 4.78 is 1.13. The van der Waals surface area contributed by atoms with Crippen LogP contribution in [0.3, 0.4) is 0 Å². The maximum atomic E-state index is 5.22. The number of halogens is 1. The van der Waals surface area contributed by atoms with Crippen LogP contribution in [0.2, 0.25) is 0 Å². The van der Waals surface area contributed by atoms with E-state index in [1.54, 1.807) is 0 Å². The first-order chi connectivity index (χ1) is 6.59. The fourth-order valence-electron chi connectivity index (χ4n) is 1.17. The SMILES string of the molecule is CN(C)C(=S)CCc1cccc(Br)c1. The van der Waals surface area contributed by atoms with Gasteiger partial charge in [0, 0.05) is 25.0 Å². The molecular formula is C11H14BrNS. The first-order valence-electron chi connectivity index (χ1n) is 4.54. The van der Waals surface area contributed by atoms with Crippen LogP contribution in [0.15, 0.2) is 28.7 Å². The van der Waals surface area contributed by atoms with Gasteiger partial charge in [0.25, 0.3) is 0 Å². The van der Waals surface area contributed by atoms with Gasteiger partial charge in [0.1, 0.15) is 0 Å². The molecule has 1 nitrogen and oxygen atoms in total. The molecule has 14 heavy (non-hydrogen) atoms. The molecule has 0 atom stereocenters. The van der Waals surface area contributed by atoms with Gasteiger partial charge in [-0.25, -0.2) is 0 Å². The van der Waals surface area contributed by atoms with E-state index in [1.807, 2.05) is 25.1 Å². The van der Waals surface area contributed by atoms with Crippen molar-refractivity contribution in [2.24, 2.45) is 0 Å². The maximum absolute atomic E-state index is 5.22. The lowest BCUT2D eigenvalue weighted by Gasteiger charge is -2.13. The average molecular weight is 272 g/mol. The van der Waals surface area contributed by atoms with Crippen molar-refractivity contribution in [2.45, 2.75) is 12.8 Å². The molecular weight excluding hydrogens is 258 g/mol. The first kappa shape index (κ1) is 11.7. The predicted octanol–water partition coefficient (Wildman–Crippen LogP) is 3.27. The molecule has 0 saturated heterocycles. The minimum absolute atomic E-state index is 0.943. The number of nitrogens with zero attached hydrogens (tertiary/aromatic N) is 1. The van der Waals surface area contributed by atoms with Crippen LogP contribution in [0.1, 0.15) is 12.0 Å². The van der Waals surface area contributed by atoms with Crippen LogP contribution in [0.4, 0.5) is 0 Å². The summed E-state index contributed by atoms with van der Waals surface area (Å²) in [5, 5.41) is 0. The summed E-state index contributed by atoms with van der Waals surface area (Å²) in [7, 11) is 3.98. The highest BCUT2D eigenvalue weighted by Crippen LogP contribution is 2.13. The predicted molar refractivity (Wildman–Crippen MR) is 68.7 cm³/mol. The molecule has 0 aliphatic heterocycles. The Morgan fingerprint density at radius 1 is 1.43 bits per heavy atom. The van der Waals surface area contributed by atoms with Crippen LogP contribution in [0.5, 0.6) is 0 Å². The van der Waals surface area contributed by atoms with Crippen molar-refractivity contribution >= 4 is 33.1 Å². The quantitative estimate of drug-likeness (QED) is 0.777. The van der Waals surface area contributed by atoms with Crippen LogP contribution < -0.4 is 0 Å². The Balaban J connectivity index is 2.50. The molecule has 0 amide bonds. The average Bonchev–Trinajstić information content (AvgIpc) is 2.14. The van der Waals surface area contributed by atoms with Crippen LogP contribution in [0.25, 0.3) is 0 Å². The van der Waals surface area contributed by atoms with Gasteiger partial charge in [0.05, 0.1) is 4.99 Å². The van der Waals surface area contributed by atoms with Crippen molar-refractivity contribution in [1.82, 2.24) is 4.90 Å². The van der Waals surface area contributed by atoms with Crippen LogP contribution in [-0.4, -0.2) is 24.0 Å². The van der Waals surface area contributed by atoms with Gasteiger partial charge in [-0.1, -0.05) is 40.3 Å². The molecule has 0 aliphatic rings. The van der Waals surface area contributed by atoms with Crippen LogP contribution in [0, 0.1) is 0 Å². The molecule has 0 N–H and O–H groups in total. The van der Waals surface area contributed by atoms with E-state index in [4.69, 9.17) is 12.2 Å². The fraction of sp³-hybridized carbons (Fsp3) is 0.364. The van der Waals surface area contributed by atoms with E-state index in [0.717, 1.165) is 22.3 Å². The summed E-state index contributed by atoms with van der Waals surface area (Å²) in [6, 6.07) is 8.35. The lowest BCUT2D eigenvalue weighted by molar-refractivity contribution is 0.617. The molecule has 0 aromatic heterocycles. The molecule has 0 aliphatic carbocycles. The molecule has 0 radical (unpaired) electrons. The number of thiocarbonyl (C=S) groups is 1. The van der Waals surface area contributed by atoms with E-state index >= 15 is 0 Å². The zero-order valence-corrected chi connectivity index (χ0v) is 10.9. The molecule has 0 bridgehead atoms. The van der Waals surface area contributed by atoms with Crippen molar-refractivity contribution in [1.29, 1.82) is 0 Å². The lowest BCUT2D eigenvalue weighted by atomic mass is 10.1. The number of rotatable bonds is 3. The Morgan fingerprint density at radius 2 is 2.14 bits per heavy atom. The summed E-state index contributed by atoms with van der Waals surface area (Å²) in [5.74, 6) is 0. The molecule has 0 unspecified atom stereocenters. The molecule has 76 valence electrons. The fourth-order valence-corrected chi connectivity index (χ4v) is 1.72. The van der Waals surface area contributed by atoms with Crippen molar-refractivity contribution in [3.63, 3.8) is 0 Å². The van der Waals surface area contributed by atoms with E-state index in [9.17, 15) is 0 Å². The Kier molecular flexibility index (Phi) is 4.55. The Morgan fingerprint density at radius 3 is 2.71 bits per heavy atom. The van der Waals surface area contributed by atoms with E-state index in [-0.39, 0.29) is 0 Å². The Hall–Kier alpha value is -0.410.